The van der Waals surface area contributed by atoms with Crippen LogP contribution in [0.4, 0.5) is 0 Å². The number of fused-ring (bicyclic) bond motifs is 1. The lowest BCUT2D eigenvalue weighted by atomic mass is 10.1. The minimum atomic E-state index is 0.0737. The fourth-order valence-corrected chi connectivity index (χ4v) is 3.47. The summed E-state index contributed by atoms with van der Waals surface area (Å²) in [6.07, 6.45) is 1.66. The Balaban J connectivity index is 2.04. The number of rotatable bonds is 3. The van der Waals surface area contributed by atoms with E-state index in [0.29, 0.717) is 32.6 Å². The van der Waals surface area contributed by atoms with Crippen LogP contribution in [0.25, 0.3) is 28.3 Å². The molecular formula is C20H17BrClN5O. The van der Waals surface area contributed by atoms with Gasteiger partial charge in [-0.1, -0.05) is 23.7 Å². The van der Waals surface area contributed by atoms with E-state index in [2.05, 4.69) is 31.0 Å². The van der Waals surface area contributed by atoms with Crippen molar-refractivity contribution in [3.63, 3.8) is 0 Å². The van der Waals surface area contributed by atoms with Crippen molar-refractivity contribution >= 4 is 38.4 Å². The average Bonchev–Trinajstić information content (AvgIpc) is 3.04. The van der Waals surface area contributed by atoms with Gasteiger partial charge >= 0.3 is 0 Å². The van der Waals surface area contributed by atoms with Crippen molar-refractivity contribution in [2.75, 3.05) is 0 Å². The van der Waals surface area contributed by atoms with Crippen molar-refractivity contribution < 1.29 is 4.42 Å². The number of nitrogens with zero attached hydrogens (tertiary/aromatic N) is 5. The molecule has 0 saturated heterocycles. The Kier molecular flexibility index (Phi) is 5.03. The highest BCUT2D eigenvalue weighted by Crippen LogP contribution is 2.28. The Morgan fingerprint density at radius 1 is 1.21 bits per heavy atom. The molecule has 4 aromatic rings. The van der Waals surface area contributed by atoms with Crippen molar-refractivity contribution in [2.24, 2.45) is 4.99 Å². The SMILES string of the molecule is Cc1cccc2/c(=N/C(C)C)oc(-c3cc(Br)nn3-c3ncccc3Cl)nc12. The van der Waals surface area contributed by atoms with Gasteiger partial charge in [0.05, 0.1) is 15.9 Å². The first-order valence-corrected chi connectivity index (χ1v) is 9.92. The highest BCUT2D eigenvalue weighted by Gasteiger charge is 2.18. The molecule has 0 spiro atoms. The molecule has 0 N–H and O–H groups in total. The second-order valence-electron chi connectivity index (χ2n) is 6.59. The van der Waals surface area contributed by atoms with Gasteiger partial charge < -0.3 is 4.42 Å². The smallest absolute Gasteiger partial charge is 0.248 e. The molecule has 8 heteroatoms. The molecule has 28 heavy (non-hydrogen) atoms. The summed E-state index contributed by atoms with van der Waals surface area (Å²) in [6, 6.07) is 11.4. The molecule has 0 saturated carbocycles. The molecule has 0 radical (unpaired) electrons. The third-order valence-corrected chi connectivity index (χ3v) is 4.77. The van der Waals surface area contributed by atoms with Crippen LogP contribution in [0.2, 0.25) is 5.02 Å². The lowest BCUT2D eigenvalue weighted by molar-refractivity contribution is 0.486. The lowest BCUT2D eigenvalue weighted by Crippen LogP contribution is -2.11. The van der Waals surface area contributed by atoms with Gasteiger partial charge in [0, 0.05) is 18.3 Å². The first-order chi connectivity index (χ1) is 13.4. The quantitative estimate of drug-likeness (QED) is 0.428. The summed E-state index contributed by atoms with van der Waals surface area (Å²) in [5.41, 5.74) is 3.03. The molecule has 0 fully saturated rings. The van der Waals surface area contributed by atoms with Gasteiger partial charge in [0.15, 0.2) is 5.82 Å². The van der Waals surface area contributed by atoms with Crippen LogP contribution in [0.15, 0.2) is 56.6 Å². The number of aryl methyl sites for hydroxylation is 1. The Bertz CT molecular complexity index is 1250. The minimum absolute atomic E-state index is 0.0737. The lowest BCUT2D eigenvalue weighted by Gasteiger charge is -2.09. The van der Waals surface area contributed by atoms with E-state index in [1.807, 2.05) is 45.0 Å². The van der Waals surface area contributed by atoms with E-state index in [1.54, 1.807) is 23.0 Å². The van der Waals surface area contributed by atoms with Crippen LogP contribution >= 0.6 is 27.5 Å². The Morgan fingerprint density at radius 2 is 2.04 bits per heavy atom. The summed E-state index contributed by atoms with van der Waals surface area (Å²) in [5, 5.41) is 5.82. The van der Waals surface area contributed by atoms with Crippen LogP contribution in [0.1, 0.15) is 19.4 Å². The number of hydrogen-bond acceptors (Lipinski definition) is 5. The third-order valence-electron chi connectivity index (χ3n) is 4.09. The van der Waals surface area contributed by atoms with E-state index in [-0.39, 0.29) is 6.04 Å². The predicted octanol–water partition coefficient (Wildman–Crippen LogP) is 5.11. The molecule has 0 aliphatic rings. The van der Waals surface area contributed by atoms with E-state index >= 15 is 0 Å². The summed E-state index contributed by atoms with van der Waals surface area (Å²) in [5.74, 6) is 0.884. The first kappa shape index (κ1) is 18.8. The molecule has 0 bridgehead atoms. The standard InChI is InChI=1S/C20H17BrClN5O/c1-11(2)24-19-13-7-4-6-12(3)17(13)25-20(28-19)15-10-16(21)26-27(15)18-14(22)8-5-9-23-18/h4-11H,1-3H3/b24-19-. The summed E-state index contributed by atoms with van der Waals surface area (Å²) >= 11 is 9.77. The summed E-state index contributed by atoms with van der Waals surface area (Å²) in [4.78, 5) is 13.8. The van der Waals surface area contributed by atoms with Gasteiger partial charge in [0.2, 0.25) is 11.4 Å². The van der Waals surface area contributed by atoms with Gasteiger partial charge in [-0.05, 0) is 60.5 Å². The molecular weight excluding hydrogens is 442 g/mol. The fourth-order valence-electron chi connectivity index (χ4n) is 2.89. The van der Waals surface area contributed by atoms with E-state index in [4.69, 9.17) is 21.0 Å². The fraction of sp³-hybridized carbons (Fsp3) is 0.200. The molecule has 3 heterocycles. The maximum absolute atomic E-state index is 6.34. The van der Waals surface area contributed by atoms with Gasteiger partial charge in [-0.3, -0.25) is 0 Å². The number of pyridine rings is 1. The average molecular weight is 459 g/mol. The number of hydrogen-bond donors (Lipinski definition) is 0. The van der Waals surface area contributed by atoms with E-state index in [0.717, 1.165) is 16.5 Å². The molecule has 3 aromatic heterocycles. The highest BCUT2D eigenvalue weighted by molar-refractivity contribution is 9.10. The molecule has 142 valence electrons. The van der Waals surface area contributed by atoms with Crippen molar-refractivity contribution in [1.29, 1.82) is 0 Å². The zero-order valence-corrected chi connectivity index (χ0v) is 17.9. The Hall–Kier alpha value is -2.51. The van der Waals surface area contributed by atoms with Crippen LogP contribution < -0.4 is 5.55 Å². The second kappa shape index (κ2) is 7.48. The second-order valence-corrected chi connectivity index (χ2v) is 7.81. The van der Waals surface area contributed by atoms with Gasteiger partial charge in [-0.2, -0.15) is 5.10 Å². The minimum Gasteiger partial charge on any atom is -0.418 e. The first-order valence-electron chi connectivity index (χ1n) is 8.75. The number of para-hydroxylation sites is 1. The molecule has 0 unspecified atom stereocenters. The summed E-state index contributed by atoms with van der Waals surface area (Å²) < 4.78 is 8.36. The van der Waals surface area contributed by atoms with Crippen molar-refractivity contribution in [3.05, 3.63) is 63.3 Å². The third kappa shape index (κ3) is 3.47. The van der Waals surface area contributed by atoms with Crippen molar-refractivity contribution in [1.82, 2.24) is 19.7 Å². The molecule has 6 nitrogen and oxygen atoms in total. The van der Waals surface area contributed by atoms with Crippen molar-refractivity contribution in [2.45, 2.75) is 26.8 Å². The molecule has 1 aromatic carbocycles. The highest BCUT2D eigenvalue weighted by atomic mass is 79.9. The Morgan fingerprint density at radius 3 is 2.79 bits per heavy atom. The zero-order chi connectivity index (χ0) is 19.8. The monoisotopic (exact) mass is 457 g/mol. The molecule has 4 rings (SSSR count). The van der Waals surface area contributed by atoms with Crippen LogP contribution in [0.5, 0.6) is 0 Å². The van der Waals surface area contributed by atoms with Gasteiger partial charge in [0.25, 0.3) is 0 Å². The number of halogens is 2. The van der Waals surface area contributed by atoms with Crippen LogP contribution in [0.3, 0.4) is 0 Å². The number of benzene rings is 1. The van der Waals surface area contributed by atoms with Gasteiger partial charge in [-0.15, -0.1) is 0 Å². The van der Waals surface area contributed by atoms with E-state index < -0.39 is 0 Å². The molecule has 0 aliphatic heterocycles. The maximum Gasteiger partial charge on any atom is 0.248 e. The topological polar surface area (TPSA) is 69.1 Å². The van der Waals surface area contributed by atoms with E-state index in [9.17, 15) is 0 Å². The van der Waals surface area contributed by atoms with Crippen LogP contribution in [-0.2, 0) is 0 Å². The van der Waals surface area contributed by atoms with E-state index in [1.165, 1.54) is 0 Å². The molecule has 0 amide bonds. The van der Waals surface area contributed by atoms with Gasteiger partial charge in [-0.25, -0.2) is 19.6 Å². The molecule has 0 atom stereocenters. The summed E-state index contributed by atoms with van der Waals surface area (Å²) in [7, 11) is 0. The largest absolute Gasteiger partial charge is 0.418 e. The van der Waals surface area contributed by atoms with Crippen LogP contribution in [-0.4, -0.2) is 25.8 Å². The Labute approximate surface area is 175 Å². The zero-order valence-electron chi connectivity index (χ0n) is 15.5. The number of aromatic nitrogens is 4. The normalized spacial score (nSPS) is 12.3. The van der Waals surface area contributed by atoms with Gasteiger partial charge in [0.1, 0.15) is 10.3 Å². The summed E-state index contributed by atoms with van der Waals surface area (Å²) in [6.45, 7) is 6.03. The van der Waals surface area contributed by atoms with Crippen LogP contribution in [0, 0.1) is 6.92 Å². The maximum atomic E-state index is 6.34. The predicted molar refractivity (Wildman–Crippen MR) is 113 cm³/mol. The van der Waals surface area contributed by atoms with Crippen molar-refractivity contribution in [3.8, 4) is 17.4 Å². The molecule has 0 aliphatic carbocycles.